The Kier molecular flexibility index (Phi) is 4.53. The van der Waals surface area contributed by atoms with Crippen molar-refractivity contribution in [2.45, 2.75) is 13.5 Å². The largest absolute Gasteiger partial charge is 0.378 e. The fraction of sp³-hybridized carbons (Fsp3) is 0.231. The maximum atomic E-state index is 6.14. The molecule has 0 unspecified atom stereocenters. The standard InChI is InChI=1S/C13H12ClIN2O/c1-8-5-3-4-6-9(8)13-16-10(7-18-2)11(15)12(14)17-13/h3-6H,7H2,1-2H3. The molecule has 5 heteroatoms. The third-order valence-electron chi connectivity index (χ3n) is 2.55. The summed E-state index contributed by atoms with van der Waals surface area (Å²) in [4.78, 5) is 8.86. The summed E-state index contributed by atoms with van der Waals surface area (Å²) in [5, 5.41) is 0.468. The van der Waals surface area contributed by atoms with Gasteiger partial charge in [-0.3, -0.25) is 0 Å². The molecule has 3 nitrogen and oxygen atoms in total. The quantitative estimate of drug-likeness (QED) is 0.604. The second kappa shape index (κ2) is 5.95. The molecule has 0 atom stereocenters. The van der Waals surface area contributed by atoms with Gasteiger partial charge in [0.15, 0.2) is 5.82 Å². The van der Waals surface area contributed by atoms with Crippen LogP contribution in [-0.2, 0) is 11.3 Å². The zero-order chi connectivity index (χ0) is 13.1. The van der Waals surface area contributed by atoms with Crippen LogP contribution in [0, 0.1) is 10.5 Å². The summed E-state index contributed by atoms with van der Waals surface area (Å²) >= 11 is 8.28. The van der Waals surface area contributed by atoms with E-state index in [1.807, 2.05) is 31.2 Å². The van der Waals surface area contributed by atoms with Gasteiger partial charge in [-0.25, -0.2) is 9.97 Å². The van der Waals surface area contributed by atoms with Crippen molar-refractivity contribution in [3.8, 4) is 11.4 Å². The van der Waals surface area contributed by atoms with Crippen LogP contribution in [0.3, 0.4) is 0 Å². The van der Waals surface area contributed by atoms with Crippen LogP contribution in [0.1, 0.15) is 11.3 Å². The Bertz CT molecular complexity index is 575. The van der Waals surface area contributed by atoms with E-state index in [0.29, 0.717) is 17.6 Å². The smallest absolute Gasteiger partial charge is 0.161 e. The molecule has 0 aliphatic rings. The van der Waals surface area contributed by atoms with Crippen LogP contribution in [-0.4, -0.2) is 17.1 Å². The molecule has 0 N–H and O–H groups in total. The van der Waals surface area contributed by atoms with Gasteiger partial charge >= 0.3 is 0 Å². The highest BCUT2D eigenvalue weighted by Gasteiger charge is 2.12. The Morgan fingerprint density at radius 1 is 1.28 bits per heavy atom. The van der Waals surface area contributed by atoms with Crippen LogP contribution >= 0.6 is 34.2 Å². The molecule has 0 amide bonds. The number of aryl methyl sites for hydroxylation is 1. The van der Waals surface area contributed by atoms with Gasteiger partial charge in [-0.2, -0.15) is 0 Å². The number of hydrogen-bond donors (Lipinski definition) is 0. The number of methoxy groups -OCH3 is 1. The first-order valence-electron chi connectivity index (χ1n) is 5.40. The van der Waals surface area contributed by atoms with Gasteiger partial charge in [0.25, 0.3) is 0 Å². The minimum absolute atomic E-state index is 0.430. The topological polar surface area (TPSA) is 35.0 Å². The molecule has 94 valence electrons. The van der Waals surface area contributed by atoms with Gasteiger partial charge in [0.2, 0.25) is 0 Å². The molecule has 0 saturated heterocycles. The second-order valence-corrected chi connectivity index (χ2v) is 5.28. The molecule has 2 rings (SSSR count). The molecule has 0 spiro atoms. The Morgan fingerprint density at radius 3 is 2.67 bits per heavy atom. The average Bonchev–Trinajstić information content (AvgIpc) is 2.35. The predicted molar refractivity (Wildman–Crippen MR) is 80.6 cm³/mol. The molecule has 1 heterocycles. The normalized spacial score (nSPS) is 10.7. The first-order valence-corrected chi connectivity index (χ1v) is 6.86. The van der Waals surface area contributed by atoms with E-state index < -0.39 is 0 Å². The van der Waals surface area contributed by atoms with E-state index in [2.05, 4.69) is 32.6 Å². The highest BCUT2D eigenvalue weighted by atomic mass is 127. The zero-order valence-corrected chi connectivity index (χ0v) is 13.0. The molecule has 0 radical (unpaired) electrons. The first kappa shape index (κ1) is 13.7. The van der Waals surface area contributed by atoms with E-state index in [-0.39, 0.29) is 0 Å². The third-order valence-corrected chi connectivity index (χ3v) is 4.27. The van der Waals surface area contributed by atoms with Crippen molar-refractivity contribution < 1.29 is 4.74 Å². The van der Waals surface area contributed by atoms with Gasteiger partial charge in [-0.15, -0.1) is 0 Å². The fourth-order valence-corrected chi connectivity index (χ4v) is 2.23. The number of aromatic nitrogens is 2. The van der Waals surface area contributed by atoms with Crippen molar-refractivity contribution in [3.63, 3.8) is 0 Å². The highest BCUT2D eigenvalue weighted by Crippen LogP contribution is 2.26. The lowest BCUT2D eigenvalue weighted by Gasteiger charge is -2.09. The van der Waals surface area contributed by atoms with Crippen LogP contribution < -0.4 is 0 Å². The van der Waals surface area contributed by atoms with Crippen molar-refractivity contribution >= 4 is 34.2 Å². The van der Waals surface area contributed by atoms with Crippen molar-refractivity contribution in [2.75, 3.05) is 7.11 Å². The summed E-state index contributed by atoms with van der Waals surface area (Å²) in [6, 6.07) is 7.97. The Labute approximate surface area is 125 Å². The summed E-state index contributed by atoms with van der Waals surface area (Å²) in [5.41, 5.74) is 2.93. The summed E-state index contributed by atoms with van der Waals surface area (Å²) in [6.45, 7) is 2.46. The van der Waals surface area contributed by atoms with E-state index in [1.165, 1.54) is 0 Å². The second-order valence-electron chi connectivity index (χ2n) is 3.85. The molecule has 1 aromatic heterocycles. The van der Waals surface area contributed by atoms with Crippen molar-refractivity contribution in [3.05, 3.63) is 44.2 Å². The van der Waals surface area contributed by atoms with E-state index in [9.17, 15) is 0 Å². The number of rotatable bonds is 3. The molecule has 0 aliphatic heterocycles. The van der Waals surface area contributed by atoms with Gasteiger partial charge < -0.3 is 4.74 Å². The number of benzene rings is 1. The molecular weight excluding hydrogens is 363 g/mol. The molecule has 0 fully saturated rings. The minimum Gasteiger partial charge on any atom is -0.378 e. The summed E-state index contributed by atoms with van der Waals surface area (Å²) < 4.78 is 5.97. The minimum atomic E-state index is 0.430. The molecular formula is C13H12ClIN2O. The Balaban J connectivity index is 2.56. The first-order chi connectivity index (χ1) is 8.63. The van der Waals surface area contributed by atoms with E-state index >= 15 is 0 Å². The van der Waals surface area contributed by atoms with Crippen molar-refractivity contribution in [2.24, 2.45) is 0 Å². The Hall–Kier alpha value is -0.720. The molecule has 0 bridgehead atoms. The van der Waals surface area contributed by atoms with Crippen molar-refractivity contribution in [1.82, 2.24) is 9.97 Å². The number of ether oxygens (including phenoxy) is 1. The highest BCUT2D eigenvalue weighted by molar-refractivity contribution is 14.1. The predicted octanol–water partition coefficient (Wildman–Crippen LogP) is 3.86. The van der Waals surface area contributed by atoms with Crippen LogP contribution in [0.15, 0.2) is 24.3 Å². The molecule has 0 saturated carbocycles. The van der Waals surface area contributed by atoms with Crippen LogP contribution in [0.5, 0.6) is 0 Å². The van der Waals surface area contributed by atoms with Gasteiger partial charge in [-0.1, -0.05) is 35.9 Å². The van der Waals surface area contributed by atoms with Crippen LogP contribution in [0.2, 0.25) is 5.15 Å². The van der Waals surface area contributed by atoms with E-state index in [0.717, 1.165) is 20.4 Å². The van der Waals surface area contributed by atoms with Gasteiger partial charge in [-0.05, 0) is 35.1 Å². The maximum Gasteiger partial charge on any atom is 0.161 e. The van der Waals surface area contributed by atoms with Gasteiger partial charge in [0, 0.05) is 12.7 Å². The summed E-state index contributed by atoms with van der Waals surface area (Å²) in [6.07, 6.45) is 0. The number of hydrogen-bond acceptors (Lipinski definition) is 3. The molecule has 0 aliphatic carbocycles. The SMILES string of the molecule is COCc1nc(-c2ccccc2C)nc(Cl)c1I. The van der Waals surface area contributed by atoms with Crippen molar-refractivity contribution in [1.29, 1.82) is 0 Å². The average molecular weight is 375 g/mol. The van der Waals surface area contributed by atoms with Crippen LogP contribution in [0.4, 0.5) is 0 Å². The lowest BCUT2D eigenvalue weighted by molar-refractivity contribution is 0.181. The van der Waals surface area contributed by atoms with E-state index in [4.69, 9.17) is 16.3 Å². The Morgan fingerprint density at radius 2 is 2.00 bits per heavy atom. The maximum absolute atomic E-state index is 6.14. The van der Waals surface area contributed by atoms with Gasteiger partial charge in [0.05, 0.1) is 15.9 Å². The van der Waals surface area contributed by atoms with Gasteiger partial charge in [0.1, 0.15) is 5.15 Å². The summed E-state index contributed by atoms with van der Waals surface area (Å²) in [7, 11) is 1.64. The third kappa shape index (κ3) is 2.81. The fourth-order valence-electron chi connectivity index (χ4n) is 1.64. The molecule has 1 aromatic carbocycles. The zero-order valence-electron chi connectivity index (χ0n) is 10.1. The summed E-state index contributed by atoms with van der Waals surface area (Å²) in [5.74, 6) is 0.644. The number of halogens is 2. The molecule has 18 heavy (non-hydrogen) atoms. The molecule has 2 aromatic rings. The lowest BCUT2D eigenvalue weighted by Crippen LogP contribution is -2.02. The van der Waals surface area contributed by atoms with Crippen LogP contribution in [0.25, 0.3) is 11.4 Å². The monoisotopic (exact) mass is 374 g/mol. The van der Waals surface area contributed by atoms with E-state index in [1.54, 1.807) is 7.11 Å². The number of nitrogens with zero attached hydrogens (tertiary/aromatic N) is 2. The lowest BCUT2D eigenvalue weighted by atomic mass is 10.1.